The van der Waals surface area contributed by atoms with Gasteiger partial charge in [-0.1, -0.05) is 78.6 Å². The molecular formula is C29H58O4P+. The highest BCUT2D eigenvalue weighted by molar-refractivity contribution is 7.75. The molecule has 0 saturated carbocycles. The fraction of sp³-hybridized carbons (Fsp3) is 0.931. The Morgan fingerprint density at radius 2 is 0.882 bits per heavy atom. The number of unbranched alkanes of at least 4 members (excludes halogenated alkanes) is 10. The molecular weight excluding hydrogens is 443 g/mol. The molecule has 0 saturated heterocycles. The Morgan fingerprint density at radius 1 is 0.529 bits per heavy atom. The summed E-state index contributed by atoms with van der Waals surface area (Å²) in [6.07, 6.45) is 24.9. The summed E-state index contributed by atoms with van der Waals surface area (Å²) in [5, 5.41) is 0. The smallest absolute Gasteiger partial charge is 0.320 e. The second-order valence-corrected chi connectivity index (χ2v) is 14.4. The molecule has 202 valence electrons. The standard InChI is InChI=1S/C29H58O4P/c1-6-11-23-34(24-12-7-2,25-13-8-3)26-21-19-17-15-14-16-18-20-22-27(28(30)32-9-4)29(31)33-10-5/h27H,6-26H2,1-5H3/q+1. The summed E-state index contributed by atoms with van der Waals surface area (Å²) in [7, 11) is -0.728. The SMILES string of the molecule is CCCC[P+](CCCC)(CCCC)CCCCCCCCCCC(C(=O)OCC)C(=O)OCC. The van der Waals surface area contributed by atoms with Crippen molar-refractivity contribution in [2.75, 3.05) is 37.9 Å². The number of carbonyl (C=O) groups excluding carboxylic acids is 2. The fourth-order valence-electron chi connectivity index (χ4n) is 4.83. The molecule has 0 unspecified atom stereocenters. The maximum absolute atomic E-state index is 12.1. The zero-order chi connectivity index (χ0) is 25.5. The van der Waals surface area contributed by atoms with E-state index >= 15 is 0 Å². The number of rotatable bonds is 24. The first-order valence-electron chi connectivity index (χ1n) is 14.7. The molecule has 0 atom stereocenters. The minimum atomic E-state index is -0.753. The van der Waals surface area contributed by atoms with Gasteiger partial charge in [-0.15, -0.1) is 0 Å². The van der Waals surface area contributed by atoms with Crippen molar-refractivity contribution in [3.63, 3.8) is 0 Å². The summed E-state index contributed by atoms with van der Waals surface area (Å²) in [6.45, 7) is 11.2. The third kappa shape index (κ3) is 16.1. The minimum Gasteiger partial charge on any atom is -0.465 e. The van der Waals surface area contributed by atoms with Crippen molar-refractivity contribution in [1.29, 1.82) is 0 Å². The summed E-state index contributed by atoms with van der Waals surface area (Å²) in [4.78, 5) is 24.1. The molecule has 0 aliphatic heterocycles. The first-order chi connectivity index (χ1) is 16.5. The van der Waals surface area contributed by atoms with E-state index in [4.69, 9.17) is 9.47 Å². The third-order valence-corrected chi connectivity index (χ3v) is 12.0. The third-order valence-electron chi connectivity index (χ3n) is 6.98. The molecule has 0 bridgehead atoms. The van der Waals surface area contributed by atoms with Crippen LogP contribution in [0.15, 0.2) is 0 Å². The van der Waals surface area contributed by atoms with Crippen LogP contribution in [0, 0.1) is 5.92 Å². The van der Waals surface area contributed by atoms with Crippen LogP contribution in [0.4, 0.5) is 0 Å². The van der Waals surface area contributed by atoms with Crippen molar-refractivity contribution >= 4 is 19.2 Å². The van der Waals surface area contributed by atoms with Gasteiger partial charge in [-0.25, -0.2) is 0 Å². The van der Waals surface area contributed by atoms with Gasteiger partial charge >= 0.3 is 11.9 Å². The molecule has 0 aromatic heterocycles. The summed E-state index contributed by atoms with van der Waals surface area (Å²) in [6, 6.07) is 0. The summed E-state index contributed by atoms with van der Waals surface area (Å²) in [5.74, 6) is -1.62. The number of hydrogen-bond donors (Lipinski definition) is 0. The van der Waals surface area contributed by atoms with Crippen molar-refractivity contribution < 1.29 is 19.1 Å². The summed E-state index contributed by atoms with van der Waals surface area (Å²) >= 11 is 0. The second-order valence-electron chi connectivity index (χ2n) is 9.97. The molecule has 0 N–H and O–H groups in total. The average molecular weight is 502 g/mol. The maximum atomic E-state index is 12.1. The number of ether oxygens (including phenoxy) is 2. The van der Waals surface area contributed by atoms with Crippen LogP contribution in [0.3, 0.4) is 0 Å². The zero-order valence-corrected chi connectivity index (χ0v) is 24.4. The van der Waals surface area contributed by atoms with Crippen molar-refractivity contribution in [2.24, 2.45) is 5.92 Å². The summed E-state index contributed by atoms with van der Waals surface area (Å²) < 4.78 is 10.1. The van der Waals surface area contributed by atoms with Gasteiger partial charge in [-0.2, -0.15) is 0 Å². The van der Waals surface area contributed by atoms with Gasteiger partial charge in [0.05, 0.1) is 37.9 Å². The Balaban J connectivity index is 4.18. The van der Waals surface area contributed by atoms with Crippen LogP contribution in [0.5, 0.6) is 0 Å². The second kappa shape index (κ2) is 22.8. The van der Waals surface area contributed by atoms with Crippen LogP contribution in [0.25, 0.3) is 0 Å². The molecule has 4 nitrogen and oxygen atoms in total. The Kier molecular flexibility index (Phi) is 22.4. The molecule has 0 amide bonds. The van der Waals surface area contributed by atoms with Crippen molar-refractivity contribution in [2.45, 2.75) is 131 Å². The number of esters is 2. The topological polar surface area (TPSA) is 52.6 Å². The highest BCUT2D eigenvalue weighted by atomic mass is 31.2. The van der Waals surface area contributed by atoms with Crippen molar-refractivity contribution in [1.82, 2.24) is 0 Å². The quantitative estimate of drug-likeness (QED) is 0.0574. The lowest BCUT2D eigenvalue weighted by atomic mass is 10.00. The molecule has 0 radical (unpaired) electrons. The van der Waals surface area contributed by atoms with Gasteiger partial charge in [-0.05, 0) is 52.4 Å². The zero-order valence-electron chi connectivity index (χ0n) is 23.5. The van der Waals surface area contributed by atoms with E-state index in [1.165, 1.54) is 83.2 Å². The normalized spacial score (nSPS) is 11.7. The van der Waals surface area contributed by atoms with Crippen LogP contribution in [0.1, 0.15) is 131 Å². The van der Waals surface area contributed by atoms with Crippen LogP contribution in [-0.2, 0) is 19.1 Å². The van der Waals surface area contributed by atoms with E-state index in [2.05, 4.69) is 20.8 Å². The largest absolute Gasteiger partial charge is 0.465 e. The van der Waals surface area contributed by atoms with Crippen LogP contribution in [0.2, 0.25) is 0 Å². The molecule has 0 spiro atoms. The highest BCUT2D eigenvalue weighted by Gasteiger charge is 2.34. The predicted molar refractivity (Wildman–Crippen MR) is 149 cm³/mol. The molecule has 34 heavy (non-hydrogen) atoms. The van der Waals surface area contributed by atoms with Gasteiger partial charge in [0, 0.05) is 7.26 Å². The number of hydrogen-bond acceptors (Lipinski definition) is 4. The van der Waals surface area contributed by atoms with Crippen molar-refractivity contribution in [3.8, 4) is 0 Å². The van der Waals surface area contributed by atoms with Gasteiger partial charge in [0.2, 0.25) is 0 Å². The first-order valence-corrected chi connectivity index (χ1v) is 17.2. The summed E-state index contributed by atoms with van der Waals surface area (Å²) in [5.41, 5.74) is 0. The lowest BCUT2D eigenvalue weighted by Crippen LogP contribution is -2.28. The molecule has 5 heteroatoms. The lowest BCUT2D eigenvalue weighted by Gasteiger charge is -2.28. The number of carbonyl (C=O) groups is 2. The minimum absolute atomic E-state index is 0.299. The van der Waals surface area contributed by atoms with E-state index in [1.807, 2.05) is 0 Å². The lowest BCUT2D eigenvalue weighted by molar-refractivity contribution is -0.161. The molecule has 0 heterocycles. The van der Waals surface area contributed by atoms with Crippen LogP contribution >= 0.6 is 7.26 Å². The maximum Gasteiger partial charge on any atom is 0.320 e. The van der Waals surface area contributed by atoms with Gasteiger partial charge in [0.25, 0.3) is 0 Å². The fourth-order valence-corrected chi connectivity index (χ4v) is 10.0. The molecule has 0 aliphatic carbocycles. The van der Waals surface area contributed by atoms with Gasteiger partial charge in [0.1, 0.15) is 0 Å². The Bertz CT molecular complexity index is 455. The van der Waals surface area contributed by atoms with Crippen molar-refractivity contribution in [3.05, 3.63) is 0 Å². The van der Waals surface area contributed by atoms with Crippen LogP contribution in [-0.4, -0.2) is 49.8 Å². The van der Waals surface area contributed by atoms with Gasteiger partial charge in [0.15, 0.2) is 5.92 Å². The molecule has 0 aromatic carbocycles. The van der Waals surface area contributed by atoms with E-state index in [0.717, 1.165) is 12.8 Å². The van der Waals surface area contributed by atoms with Crippen LogP contribution < -0.4 is 0 Å². The van der Waals surface area contributed by atoms with E-state index < -0.39 is 25.1 Å². The van der Waals surface area contributed by atoms with E-state index in [-0.39, 0.29) is 0 Å². The molecule has 0 aliphatic rings. The highest BCUT2D eigenvalue weighted by Crippen LogP contribution is 2.61. The van der Waals surface area contributed by atoms with E-state index in [1.54, 1.807) is 32.3 Å². The molecule has 0 rings (SSSR count). The Hall–Kier alpha value is -0.630. The van der Waals surface area contributed by atoms with Gasteiger partial charge in [-0.3, -0.25) is 9.59 Å². The predicted octanol–water partition coefficient (Wildman–Crippen LogP) is 8.66. The van der Waals surface area contributed by atoms with E-state index in [0.29, 0.717) is 19.6 Å². The Morgan fingerprint density at radius 3 is 1.26 bits per heavy atom. The first kappa shape index (κ1) is 33.4. The molecule has 0 fully saturated rings. The Labute approximate surface area is 213 Å². The van der Waals surface area contributed by atoms with E-state index in [9.17, 15) is 9.59 Å². The van der Waals surface area contributed by atoms with Gasteiger partial charge < -0.3 is 9.47 Å². The average Bonchev–Trinajstić information content (AvgIpc) is 2.83. The molecule has 0 aromatic rings. The monoisotopic (exact) mass is 501 g/mol.